The van der Waals surface area contributed by atoms with Crippen molar-refractivity contribution in [2.24, 2.45) is 16.4 Å². The number of rotatable bonds is 1. The van der Waals surface area contributed by atoms with E-state index in [1.807, 2.05) is 11.8 Å². The van der Waals surface area contributed by atoms with Gasteiger partial charge in [-0.25, -0.2) is 0 Å². The molecular formula is C17H24N2S. The average molecular weight is 288 g/mol. The number of hydrogen-bond donors (Lipinski definition) is 1. The molecule has 108 valence electrons. The van der Waals surface area contributed by atoms with Crippen molar-refractivity contribution >= 4 is 16.8 Å². The van der Waals surface area contributed by atoms with Crippen LogP contribution >= 0.6 is 11.8 Å². The lowest BCUT2D eigenvalue weighted by Crippen LogP contribution is -2.46. The second-order valence-electron chi connectivity index (χ2n) is 7.35. The number of aryl methyl sites for hydroxylation is 1. The Kier molecular flexibility index (Phi) is 3.36. The smallest absolute Gasteiger partial charge is 0.126 e. The lowest BCUT2D eigenvalue weighted by molar-refractivity contribution is 0.137. The molecule has 2 nitrogen and oxygen atoms in total. The molecule has 0 amide bonds. The summed E-state index contributed by atoms with van der Waals surface area (Å²) in [6.07, 6.45) is 3.71. The fourth-order valence-electron chi connectivity index (χ4n) is 3.86. The van der Waals surface area contributed by atoms with Crippen LogP contribution in [0.25, 0.3) is 0 Å². The van der Waals surface area contributed by atoms with Crippen LogP contribution < -0.4 is 5.43 Å². The normalized spacial score (nSPS) is 32.0. The summed E-state index contributed by atoms with van der Waals surface area (Å²) in [6.45, 7) is 9.26. The lowest BCUT2D eigenvalue weighted by atomic mass is 9.70. The van der Waals surface area contributed by atoms with Crippen molar-refractivity contribution in [2.75, 3.05) is 0 Å². The highest BCUT2D eigenvalue weighted by molar-refractivity contribution is 8.15. The second kappa shape index (κ2) is 4.80. The molecule has 1 aliphatic heterocycles. The summed E-state index contributed by atoms with van der Waals surface area (Å²) >= 11 is 1.94. The number of nitrogens with one attached hydrogen (secondary N) is 1. The van der Waals surface area contributed by atoms with Crippen LogP contribution in [-0.4, -0.2) is 9.91 Å². The molecule has 1 saturated carbocycles. The quantitative estimate of drug-likeness (QED) is 0.820. The van der Waals surface area contributed by atoms with Gasteiger partial charge in [-0.3, -0.25) is 5.43 Å². The van der Waals surface area contributed by atoms with Crippen LogP contribution in [0.4, 0.5) is 0 Å². The van der Waals surface area contributed by atoms with Gasteiger partial charge >= 0.3 is 0 Å². The van der Waals surface area contributed by atoms with Gasteiger partial charge in [-0.15, -0.1) is 0 Å². The molecule has 1 aromatic carbocycles. The fraction of sp³-hybridized carbons (Fsp3) is 0.588. The van der Waals surface area contributed by atoms with Gasteiger partial charge in [-0.1, -0.05) is 62.4 Å². The molecule has 3 heteroatoms. The Morgan fingerprint density at radius 2 is 1.90 bits per heavy atom. The standard InChI is InChI=1S/C17H24N2S/c1-12-5-7-14(8-6-12)15-18-19-17(20-15)10-13(2)9-16(3,4)11-17/h5-8,13,19H,9-11H2,1-4H3/t13-,17+/m1/s1. The Morgan fingerprint density at radius 3 is 2.55 bits per heavy atom. The van der Waals surface area contributed by atoms with Crippen molar-refractivity contribution in [1.29, 1.82) is 0 Å². The SMILES string of the molecule is Cc1ccc(C2=NN[C@@]3(C[C@H](C)CC(C)(C)C3)S2)cc1. The molecule has 1 aromatic rings. The molecule has 0 saturated heterocycles. The van der Waals surface area contributed by atoms with Crippen molar-refractivity contribution in [2.45, 2.75) is 51.8 Å². The van der Waals surface area contributed by atoms with Crippen LogP contribution in [0.15, 0.2) is 29.4 Å². The van der Waals surface area contributed by atoms with Crippen molar-refractivity contribution in [3.05, 3.63) is 35.4 Å². The third-order valence-corrected chi connectivity index (χ3v) is 5.61. The Bertz CT molecular complexity index is 532. The van der Waals surface area contributed by atoms with E-state index in [4.69, 9.17) is 0 Å². The van der Waals surface area contributed by atoms with Gasteiger partial charge in [0.25, 0.3) is 0 Å². The summed E-state index contributed by atoms with van der Waals surface area (Å²) in [7, 11) is 0. The van der Waals surface area contributed by atoms with E-state index in [9.17, 15) is 0 Å². The first-order valence-corrected chi connectivity index (χ1v) is 8.30. The number of hydrazone groups is 1. The molecule has 2 atom stereocenters. The summed E-state index contributed by atoms with van der Waals surface area (Å²) in [5.41, 5.74) is 6.41. The van der Waals surface area contributed by atoms with E-state index in [1.54, 1.807) is 0 Å². The predicted octanol–water partition coefficient (Wildman–Crippen LogP) is 4.54. The zero-order chi connectivity index (χ0) is 14.4. The highest BCUT2D eigenvalue weighted by Gasteiger charge is 2.46. The summed E-state index contributed by atoms with van der Waals surface area (Å²) in [6, 6.07) is 8.69. The second-order valence-corrected chi connectivity index (χ2v) is 8.72. The van der Waals surface area contributed by atoms with E-state index in [0.717, 1.165) is 11.0 Å². The van der Waals surface area contributed by atoms with Crippen molar-refractivity contribution in [1.82, 2.24) is 5.43 Å². The zero-order valence-electron chi connectivity index (χ0n) is 12.9. The number of nitrogens with zero attached hydrogens (tertiary/aromatic N) is 1. The Labute approximate surface area is 126 Å². The van der Waals surface area contributed by atoms with Crippen LogP contribution in [-0.2, 0) is 0 Å². The number of hydrogen-bond acceptors (Lipinski definition) is 3. The molecule has 3 rings (SSSR count). The minimum absolute atomic E-state index is 0.112. The monoisotopic (exact) mass is 288 g/mol. The van der Waals surface area contributed by atoms with Crippen LogP contribution in [0.2, 0.25) is 0 Å². The maximum atomic E-state index is 4.64. The van der Waals surface area contributed by atoms with Gasteiger partial charge in [0.15, 0.2) is 0 Å². The first-order chi connectivity index (χ1) is 9.38. The molecule has 0 radical (unpaired) electrons. The van der Waals surface area contributed by atoms with Gasteiger partial charge in [0, 0.05) is 5.56 Å². The largest absolute Gasteiger partial charge is 0.292 e. The first kappa shape index (κ1) is 14.0. The third-order valence-electron chi connectivity index (χ3n) is 4.30. The topological polar surface area (TPSA) is 24.4 Å². The van der Waals surface area contributed by atoms with Gasteiger partial charge in [0.1, 0.15) is 9.91 Å². The van der Waals surface area contributed by atoms with Crippen LogP contribution in [0, 0.1) is 18.3 Å². The molecule has 1 N–H and O–H groups in total. The van der Waals surface area contributed by atoms with Crippen LogP contribution in [0.3, 0.4) is 0 Å². The molecule has 20 heavy (non-hydrogen) atoms. The summed E-state index contributed by atoms with van der Waals surface area (Å²) in [5, 5.41) is 5.79. The predicted molar refractivity (Wildman–Crippen MR) is 88.0 cm³/mol. The molecule has 0 aromatic heterocycles. The van der Waals surface area contributed by atoms with Crippen LogP contribution in [0.1, 0.15) is 51.2 Å². The van der Waals surface area contributed by atoms with Crippen molar-refractivity contribution in [3.8, 4) is 0 Å². The number of benzene rings is 1. The fourth-order valence-corrected chi connectivity index (χ4v) is 5.50. The van der Waals surface area contributed by atoms with Gasteiger partial charge in [-0.05, 0) is 37.5 Å². The van der Waals surface area contributed by atoms with Crippen molar-refractivity contribution in [3.63, 3.8) is 0 Å². The molecule has 1 spiro atoms. The van der Waals surface area contributed by atoms with Gasteiger partial charge in [-0.2, -0.15) is 5.10 Å². The molecule has 2 aliphatic rings. The van der Waals surface area contributed by atoms with E-state index < -0.39 is 0 Å². The lowest BCUT2D eigenvalue weighted by Gasteiger charge is -2.44. The van der Waals surface area contributed by atoms with E-state index in [0.29, 0.717) is 5.41 Å². The van der Waals surface area contributed by atoms with Crippen LogP contribution in [0.5, 0.6) is 0 Å². The molecule has 1 heterocycles. The molecule has 0 unspecified atom stereocenters. The van der Waals surface area contributed by atoms with Gasteiger partial charge in [0.2, 0.25) is 0 Å². The first-order valence-electron chi connectivity index (χ1n) is 7.48. The third kappa shape index (κ3) is 2.73. The summed E-state index contributed by atoms with van der Waals surface area (Å²) in [4.78, 5) is 0.112. The Hall–Kier alpha value is -0.960. The zero-order valence-corrected chi connectivity index (χ0v) is 13.7. The average Bonchev–Trinajstić information content (AvgIpc) is 2.70. The van der Waals surface area contributed by atoms with Crippen molar-refractivity contribution < 1.29 is 0 Å². The minimum Gasteiger partial charge on any atom is -0.292 e. The van der Waals surface area contributed by atoms with E-state index >= 15 is 0 Å². The Balaban J connectivity index is 1.79. The molecular weight excluding hydrogens is 264 g/mol. The summed E-state index contributed by atoms with van der Waals surface area (Å²) in [5.74, 6) is 0.756. The highest BCUT2D eigenvalue weighted by Crippen LogP contribution is 2.51. The minimum atomic E-state index is 0.112. The Morgan fingerprint density at radius 1 is 1.20 bits per heavy atom. The highest BCUT2D eigenvalue weighted by atomic mass is 32.2. The number of thioether (sulfide) groups is 1. The molecule has 1 fully saturated rings. The van der Waals surface area contributed by atoms with E-state index in [-0.39, 0.29) is 4.87 Å². The van der Waals surface area contributed by atoms with E-state index in [2.05, 4.69) is 62.5 Å². The van der Waals surface area contributed by atoms with Gasteiger partial charge in [0.05, 0.1) is 0 Å². The maximum Gasteiger partial charge on any atom is 0.126 e. The summed E-state index contributed by atoms with van der Waals surface area (Å²) < 4.78 is 0. The van der Waals surface area contributed by atoms with Gasteiger partial charge < -0.3 is 0 Å². The molecule has 0 bridgehead atoms. The van der Waals surface area contributed by atoms with E-state index in [1.165, 1.54) is 30.4 Å². The molecule has 1 aliphatic carbocycles. The maximum absolute atomic E-state index is 4.64.